The van der Waals surface area contributed by atoms with E-state index >= 15 is 0 Å². The van der Waals surface area contributed by atoms with Gasteiger partial charge in [0.2, 0.25) is 4.75 Å². The number of rotatable bonds is 15. The molecule has 0 saturated carbocycles. The first-order valence-corrected chi connectivity index (χ1v) is 11.5. The van der Waals surface area contributed by atoms with Gasteiger partial charge >= 0.3 is 35.9 Å². The fourth-order valence-corrected chi connectivity index (χ4v) is 4.70. The SMILES string of the molecule is CCCCC(CC)CC(C(=O)O)C(CCC(F)(F)C(F)(F)C(F)(F)C(F)(F)F)(C(=O)O)S(=O)(=O)O. The Kier molecular flexibility index (Phi) is 10.5. The van der Waals surface area contributed by atoms with E-state index in [1.807, 2.05) is 0 Å². The van der Waals surface area contributed by atoms with E-state index in [1.165, 1.54) is 6.92 Å². The number of unbranched alkanes of at least 4 members (excludes halogenated alkanes) is 1. The van der Waals surface area contributed by atoms with Crippen molar-refractivity contribution in [1.29, 1.82) is 0 Å². The number of carboxylic acids is 2. The van der Waals surface area contributed by atoms with Gasteiger partial charge in [-0.25, -0.2) is 0 Å². The van der Waals surface area contributed by atoms with Crippen LogP contribution in [0.1, 0.15) is 58.8 Å². The lowest BCUT2D eigenvalue weighted by atomic mass is 9.78. The van der Waals surface area contributed by atoms with Crippen LogP contribution in [0, 0.1) is 11.8 Å². The van der Waals surface area contributed by atoms with E-state index in [1.54, 1.807) is 6.92 Å². The Labute approximate surface area is 194 Å². The van der Waals surface area contributed by atoms with Crippen LogP contribution >= 0.6 is 0 Å². The Hall–Kier alpha value is -1.78. The summed E-state index contributed by atoms with van der Waals surface area (Å²) in [6, 6.07) is 0. The van der Waals surface area contributed by atoms with E-state index in [2.05, 4.69) is 0 Å². The van der Waals surface area contributed by atoms with Crippen LogP contribution in [0.4, 0.5) is 39.5 Å². The van der Waals surface area contributed by atoms with Crippen LogP contribution in [0.5, 0.6) is 0 Å². The van der Waals surface area contributed by atoms with Gasteiger partial charge in [0.25, 0.3) is 10.1 Å². The average Bonchev–Trinajstić information content (AvgIpc) is 2.67. The quantitative estimate of drug-likeness (QED) is 0.186. The van der Waals surface area contributed by atoms with E-state index in [-0.39, 0.29) is 12.8 Å². The third kappa shape index (κ3) is 6.51. The topological polar surface area (TPSA) is 129 Å². The molecule has 17 heteroatoms. The molecule has 7 nitrogen and oxygen atoms in total. The molecule has 3 unspecified atom stereocenters. The Bertz CT molecular complexity index is 859. The Balaban J connectivity index is 6.65. The second-order valence-electron chi connectivity index (χ2n) is 8.06. The molecule has 3 atom stereocenters. The highest BCUT2D eigenvalue weighted by Gasteiger charge is 2.81. The van der Waals surface area contributed by atoms with Gasteiger partial charge in [0.05, 0.1) is 5.92 Å². The summed E-state index contributed by atoms with van der Waals surface area (Å²) in [6.07, 6.45) is -12.2. The molecule has 0 aromatic rings. The molecular weight excluding hydrogens is 531 g/mol. The van der Waals surface area contributed by atoms with E-state index in [0.717, 1.165) is 0 Å². The van der Waals surface area contributed by atoms with Crippen LogP contribution in [0.15, 0.2) is 0 Å². The number of hydrogen-bond acceptors (Lipinski definition) is 4. The van der Waals surface area contributed by atoms with Crippen molar-refractivity contribution in [1.82, 2.24) is 0 Å². The van der Waals surface area contributed by atoms with Crippen molar-refractivity contribution in [3.63, 3.8) is 0 Å². The predicted octanol–water partition coefficient (Wildman–Crippen LogP) is 5.25. The molecule has 0 heterocycles. The number of alkyl halides is 9. The van der Waals surface area contributed by atoms with Crippen LogP contribution in [0.3, 0.4) is 0 Å². The number of hydrogen-bond donors (Lipinski definition) is 3. The largest absolute Gasteiger partial charge is 0.481 e. The Morgan fingerprint density at radius 3 is 1.66 bits per heavy atom. The first-order chi connectivity index (χ1) is 15.5. The third-order valence-corrected chi connectivity index (χ3v) is 7.40. The van der Waals surface area contributed by atoms with Crippen LogP contribution in [-0.2, 0) is 19.7 Å². The fourth-order valence-electron chi connectivity index (χ4n) is 3.56. The molecular formula is C18H25F9O7S. The molecule has 0 bridgehead atoms. The van der Waals surface area contributed by atoms with Gasteiger partial charge in [-0.3, -0.25) is 14.1 Å². The lowest BCUT2D eigenvalue weighted by molar-refractivity contribution is -0.396. The van der Waals surface area contributed by atoms with E-state index in [9.17, 15) is 72.3 Å². The minimum atomic E-state index is -7.33. The molecule has 0 rings (SSSR count). The maximum Gasteiger partial charge on any atom is 0.460 e. The smallest absolute Gasteiger partial charge is 0.460 e. The second-order valence-corrected chi connectivity index (χ2v) is 9.74. The number of carbonyl (C=O) groups is 2. The highest BCUT2D eigenvalue weighted by molar-refractivity contribution is 7.88. The summed E-state index contributed by atoms with van der Waals surface area (Å²) in [5, 5.41) is 18.9. The molecule has 0 fully saturated rings. The highest BCUT2D eigenvalue weighted by Crippen LogP contribution is 2.55. The predicted molar refractivity (Wildman–Crippen MR) is 101 cm³/mol. The lowest BCUT2D eigenvalue weighted by Gasteiger charge is -2.37. The van der Waals surface area contributed by atoms with Crippen molar-refractivity contribution in [3.05, 3.63) is 0 Å². The summed E-state index contributed by atoms with van der Waals surface area (Å²) in [4.78, 5) is 23.6. The van der Waals surface area contributed by atoms with Crippen LogP contribution in [0.25, 0.3) is 0 Å². The van der Waals surface area contributed by atoms with Gasteiger partial charge in [-0.15, -0.1) is 0 Å². The van der Waals surface area contributed by atoms with Gasteiger partial charge < -0.3 is 10.2 Å². The van der Waals surface area contributed by atoms with Gasteiger partial charge in [-0.1, -0.05) is 39.5 Å². The summed E-state index contributed by atoms with van der Waals surface area (Å²) >= 11 is 0. The van der Waals surface area contributed by atoms with Gasteiger partial charge in [0, 0.05) is 6.42 Å². The summed E-state index contributed by atoms with van der Waals surface area (Å²) in [6.45, 7) is 3.18. The Morgan fingerprint density at radius 2 is 1.34 bits per heavy atom. The fraction of sp³-hybridized carbons (Fsp3) is 0.889. The highest BCUT2D eigenvalue weighted by atomic mass is 32.2. The van der Waals surface area contributed by atoms with Crippen molar-refractivity contribution in [3.8, 4) is 0 Å². The average molecular weight is 556 g/mol. The molecule has 35 heavy (non-hydrogen) atoms. The van der Waals surface area contributed by atoms with Crippen molar-refractivity contribution < 1.29 is 72.3 Å². The monoisotopic (exact) mass is 556 g/mol. The zero-order chi connectivity index (χ0) is 28.3. The molecule has 0 saturated heterocycles. The van der Waals surface area contributed by atoms with E-state index in [0.29, 0.717) is 12.8 Å². The molecule has 0 aliphatic rings. The molecule has 0 aromatic carbocycles. The first-order valence-electron chi connectivity index (χ1n) is 10.1. The van der Waals surface area contributed by atoms with Crippen molar-refractivity contribution in [2.45, 2.75) is 87.5 Å². The molecule has 3 N–H and O–H groups in total. The summed E-state index contributed by atoms with van der Waals surface area (Å²) < 4.78 is 148. The number of halogens is 9. The Morgan fingerprint density at radius 1 is 0.857 bits per heavy atom. The molecule has 0 amide bonds. The van der Waals surface area contributed by atoms with Crippen molar-refractivity contribution in [2.75, 3.05) is 0 Å². The van der Waals surface area contributed by atoms with E-state index < -0.39 is 81.8 Å². The first kappa shape index (κ1) is 33.2. The maximum absolute atomic E-state index is 14.0. The molecule has 0 spiro atoms. The number of carboxylic acid groups (broad SMARTS) is 2. The van der Waals surface area contributed by atoms with Gasteiger partial charge in [-0.2, -0.15) is 47.9 Å². The number of aliphatic carboxylic acids is 2. The summed E-state index contributed by atoms with van der Waals surface area (Å²) in [7, 11) is -6.24. The maximum atomic E-state index is 14.0. The lowest BCUT2D eigenvalue weighted by Crippen LogP contribution is -2.62. The summed E-state index contributed by atoms with van der Waals surface area (Å²) in [5.41, 5.74) is 0. The van der Waals surface area contributed by atoms with Crippen LogP contribution in [-0.4, -0.2) is 63.8 Å². The van der Waals surface area contributed by atoms with Crippen LogP contribution < -0.4 is 0 Å². The molecule has 0 radical (unpaired) electrons. The van der Waals surface area contributed by atoms with E-state index in [4.69, 9.17) is 0 Å². The third-order valence-electron chi connectivity index (χ3n) is 5.82. The second kappa shape index (κ2) is 11.1. The minimum Gasteiger partial charge on any atom is -0.481 e. The summed E-state index contributed by atoms with van der Waals surface area (Å²) in [5.74, 6) is -29.5. The zero-order valence-electron chi connectivity index (χ0n) is 18.4. The standard InChI is InChI=1S/C18H25F9O7S/c1-3-5-6-10(4-2)9-11(12(28)29)14(13(30)31,35(32,33)34)7-8-15(19,20)16(21,22)17(23,24)18(25,26)27/h10-11H,3-9H2,1-2H3,(H,28,29)(H,30,31)(H,32,33,34). The van der Waals surface area contributed by atoms with Gasteiger partial charge in [0.15, 0.2) is 0 Å². The van der Waals surface area contributed by atoms with Gasteiger partial charge in [0.1, 0.15) is 0 Å². The zero-order valence-corrected chi connectivity index (χ0v) is 19.2. The van der Waals surface area contributed by atoms with Gasteiger partial charge in [-0.05, 0) is 18.8 Å². The molecule has 208 valence electrons. The minimum absolute atomic E-state index is 0.108. The van der Waals surface area contributed by atoms with Crippen molar-refractivity contribution >= 4 is 22.1 Å². The van der Waals surface area contributed by atoms with Crippen molar-refractivity contribution in [2.24, 2.45) is 11.8 Å². The van der Waals surface area contributed by atoms with Crippen LogP contribution in [0.2, 0.25) is 0 Å². The molecule has 0 aromatic heterocycles. The molecule has 0 aliphatic heterocycles. The normalized spacial score (nSPS) is 17.5. The molecule has 0 aliphatic carbocycles.